The minimum Gasteiger partial charge on any atom is -0.481 e. The second-order valence-electron chi connectivity index (χ2n) is 7.71. The van der Waals surface area contributed by atoms with Crippen LogP contribution in [0.2, 0.25) is 0 Å². The number of carbonyl (C=O) groups excluding carboxylic acids is 1. The number of hydrogen-bond donors (Lipinski definition) is 2. The van der Waals surface area contributed by atoms with E-state index in [1.807, 2.05) is 0 Å². The molecule has 3 fully saturated rings. The summed E-state index contributed by atoms with van der Waals surface area (Å²) in [6.07, 6.45) is 1.12. The Morgan fingerprint density at radius 2 is 1.85 bits per heavy atom. The molecule has 0 aromatic heterocycles. The van der Waals surface area contributed by atoms with Gasteiger partial charge in [0.2, 0.25) is 0 Å². The van der Waals surface area contributed by atoms with Crippen molar-refractivity contribution >= 4 is 12.1 Å². The van der Waals surface area contributed by atoms with Gasteiger partial charge in [-0.05, 0) is 50.9 Å². The Bertz CT molecular complexity index is 424. The number of carboxylic acids is 1. The van der Waals surface area contributed by atoms with Gasteiger partial charge < -0.3 is 15.2 Å². The zero-order valence-electron chi connectivity index (χ0n) is 12.9. The molecule has 5 heteroatoms. The van der Waals surface area contributed by atoms with E-state index in [-0.39, 0.29) is 17.4 Å². The molecule has 3 saturated carbocycles. The number of nitrogens with one attached hydrogen (secondary N) is 1. The van der Waals surface area contributed by atoms with Crippen LogP contribution in [0, 0.1) is 23.2 Å². The standard InChI is InChI=1S/C15H25NO4/c1-14(2,3)20-13(19)16-11-9(12(17)18)6-8-7-10(11)15(8,4)5/h8-11H,6-7H2,1-5H3,(H,16,19)(H,17,18)/t8?,9?,10-,11-/m0/s1. The number of carbonyl (C=O) groups is 2. The Morgan fingerprint density at radius 3 is 2.30 bits per heavy atom. The van der Waals surface area contributed by atoms with Gasteiger partial charge in [-0.2, -0.15) is 0 Å². The molecule has 0 radical (unpaired) electrons. The lowest BCUT2D eigenvalue weighted by molar-refractivity contribution is -0.161. The fourth-order valence-corrected chi connectivity index (χ4v) is 3.70. The van der Waals surface area contributed by atoms with E-state index in [1.54, 1.807) is 20.8 Å². The highest BCUT2D eigenvalue weighted by Crippen LogP contribution is 2.60. The van der Waals surface area contributed by atoms with E-state index in [4.69, 9.17) is 4.74 Å². The van der Waals surface area contributed by atoms with Crippen LogP contribution in [-0.4, -0.2) is 28.8 Å². The number of alkyl carbamates (subject to hydrolysis) is 1. The molecule has 0 heterocycles. The van der Waals surface area contributed by atoms with Gasteiger partial charge in [0.1, 0.15) is 5.60 Å². The van der Waals surface area contributed by atoms with Crippen LogP contribution < -0.4 is 5.32 Å². The van der Waals surface area contributed by atoms with Crippen molar-refractivity contribution < 1.29 is 19.4 Å². The van der Waals surface area contributed by atoms with Gasteiger partial charge in [-0.25, -0.2) is 4.79 Å². The van der Waals surface area contributed by atoms with Crippen LogP contribution in [-0.2, 0) is 9.53 Å². The van der Waals surface area contributed by atoms with E-state index in [1.165, 1.54) is 0 Å². The van der Waals surface area contributed by atoms with E-state index in [0.717, 1.165) is 6.42 Å². The maximum Gasteiger partial charge on any atom is 0.407 e. The molecule has 2 bridgehead atoms. The molecule has 3 rings (SSSR count). The Morgan fingerprint density at radius 1 is 1.25 bits per heavy atom. The Kier molecular flexibility index (Phi) is 3.51. The maximum atomic E-state index is 11.9. The van der Waals surface area contributed by atoms with Crippen molar-refractivity contribution in [1.29, 1.82) is 0 Å². The first-order chi connectivity index (χ1) is 9.02. The second kappa shape index (κ2) is 4.64. The van der Waals surface area contributed by atoms with Crippen LogP contribution in [0.25, 0.3) is 0 Å². The Balaban J connectivity index is 2.09. The normalized spacial score (nSPS) is 34.9. The fourth-order valence-electron chi connectivity index (χ4n) is 3.70. The lowest BCUT2D eigenvalue weighted by atomic mass is 9.45. The van der Waals surface area contributed by atoms with Crippen molar-refractivity contribution in [3.8, 4) is 0 Å². The van der Waals surface area contributed by atoms with Crippen molar-refractivity contribution in [1.82, 2.24) is 5.32 Å². The van der Waals surface area contributed by atoms with E-state index in [9.17, 15) is 14.7 Å². The van der Waals surface area contributed by atoms with Crippen LogP contribution in [0.1, 0.15) is 47.5 Å². The van der Waals surface area contributed by atoms with Gasteiger partial charge in [0.25, 0.3) is 0 Å². The van der Waals surface area contributed by atoms with Gasteiger partial charge in [0, 0.05) is 6.04 Å². The van der Waals surface area contributed by atoms with Gasteiger partial charge in [0.15, 0.2) is 0 Å². The Labute approximate surface area is 120 Å². The monoisotopic (exact) mass is 283 g/mol. The van der Waals surface area contributed by atoms with Crippen LogP contribution in [0.5, 0.6) is 0 Å². The summed E-state index contributed by atoms with van der Waals surface area (Å²) in [7, 11) is 0. The van der Waals surface area contributed by atoms with Crippen molar-refractivity contribution in [2.24, 2.45) is 23.2 Å². The highest BCUT2D eigenvalue weighted by Gasteiger charge is 2.59. The predicted molar refractivity (Wildman–Crippen MR) is 74.3 cm³/mol. The van der Waals surface area contributed by atoms with Gasteiger partial charge in [-0.1, -0.05) is 13.8 Å². The molecule has 0 aromatic rings. The molecule has 1 amide bonds. The molecule has 0 aliphatic heterocycles. The average Bonchev–Trinajstić information content (AvgIpc) is 2.25. The first-order valence-corrected chi connectivity index (χ1v) is 7.24. The van der Waals surface area contributed by atoms with E-state index in [0.29, 0.717) is 12.3 Å². The molecule has 0 saturated heterocycles. The molecule has 0 aromatic carbocycles. The quantitative estimate of drug-likeness (QED) is 0.817. The summed E-state index contributed by atoms with van der Waals surface area (Å²) < 4.78 is 5.26. The zero-order chi connectivity index (χ0) is 15.3. The van der Waals surface area contributed by atoms with Crippen molar-refractivity contribution in [2.75, 3.05) is 0 Å². The molecule has 114 valence electrons. The fraction of sp³-hybridized carbons (Fsp3) is 0.867. The SMILES string of the molecule is CC(C)(C)OC(=O)N[C@H]1C(C(=O)O)CC2C[C@@H]1C2(C)C. The van der Waals surface area contributed by atoms with Gasteiger partial charge in [-0.3, -0.25) is 4.79 Å². The molecule has 4 atom stereocenters. The summed E-state index contributed by atoms with van der Waals surface area (Å²) in [6.45, 7) is 9.71. The molecular formula is C15H25NO4. The summed E-state index contributed by atoms with van der Waals surface area (Å²) in [5.74, 6) is -0.657. The van der Waals surface area contributed by atoms with Crippen LogP contribution in [0.3, 0.4) is 0 Å². The first kappa shape index (κ1) is 15.1. The van der Waals surface area contributed by atoms with E-state index < -0.39 is 23.6 Å². The van der Waals surface area contributed by atoms with Gasteiger partial charge >= 0.3 is 12.1 Å². The van der Waals surface area contributed by atoms with Crippen LogP contribution >= 0.6 is 0 Å². The minimum atomic E-state index is -0.823. The average molecular weight is 283 g/mol. The maximum absolute atomic E-state index is 11.9. The Hall–Kier alpha value is -1.26. The molecule has 3 aliphatic carbocycles. The second-order valence-corrected chi connectivity index (χ2v) is 7.71. The van der Waals surface area contributed by atoms with Crippen molar-refractivity contribution in [3.05, 3.63) is 0 Å². The first-order valence-electron chi connectivity index (χ1n) is 7.24. The third-order valence-electron chi connectivity index (χ3n) is 4.95. The summed E-state index contributed by atoms with van der Waals surface area (Å²) >= 11 is 0. The number of hydrogen-bond acceptors (Lipinski definition) is 3. The van der Waals surface area contributed by atoms with Crippen molar-refractivity contribution in [2.45, 2.75) is 59.1 Å². The highest BCUT2D eigenvalue weighted by molar-refractivity contribution is 5.74. The molecule has 5 nitrogen and oxygen atoms in total. The molecule has 0 spiro atoms. The highest BCUT2D eigenvalue weighted by atomic mass is 16.6. The molecule has 2 unspecified atom stereocenters. The topological polar surface area (TPSA) is 75.6 Å². The lowest BCUT2D eigenvalue weighted by Crippen LogP contribution is -2.65. The van der Waals surface area contributed by atoms with E-state index in [2.05, 4.69) is 19.2 Å². The number of aliphatic carboxylic acids is 1. The van der Waals surface area contributed by atoms with Crippen LogP contribution in [0.4, 0.5) is 4.79 Å². The summed E-state index contributed by atoms with van der Waals surface area (Å²) in [5, 5.41) is 12.2. The number of ether oxygens (including phenoxy) is 1. The third kappa shape index (κ3) is 2.63. The number of amides is 1. The summed E-state index contributed by atoms with van der Waals surface area (Å²) in [5.41, 5.74) is -0.471. The molecule has 3 aliphatic rings. The van der Waals surface area contributed by atoms with Gasteiger partial charge in [0.05, 0.1) is 5.92 Å². The summed E-state index contributed by atoms with van der Waals surface area (Å²) in [4.78, 5) is 23.4. The summed E-state index contributed by atoms with van der Waals surface area (Å²) in [6, 6.07) is -0.331. The number of carboxylic acid groups (broad SMARTS) is 1. The smallest absolute Gasteiger partial charge is 0.407 e. The van der Waals surface area contributed by atoms with Crippen LogP contribution in [0.15, 0.2) is 0 Å². The molecular weight excluding hydrogens is 258 g/mol. The largest absolute Gasteiger partial charge is 0.481 e. The molecule has 2 N–H and O–H groups in total. The zero-order valence-corrected chi connectivity index (χ0v) is 12.9. The predicted octanol–water partition coefficient (Wildman–Crippen LogP) is 2.65. The van der Waals surface area contributed by atoms with Gasteiger partial charge in [-0.15, -0.1) is 0 Å². The van der Waals surface area contributed by atoms with Crippen molar-refractivity contribution in [3.63, 3.8) is 0 Å². The number of fused-ring (bicyclic) bond motifs is 2. The minimum absolute atomic E-state index is 0.103. The molecule has 20 heavy (non-hydrogen) atoms. The van der Waals surface area contributed by atoms with E-state index >= 15 is 0 Å². The lowest BCUT2D eigenvalue weighted by Gasteiger charge is -2.61. The number of rotatable bonds is 2. The third-order valence-corrected chi connectivity index (χ3v) is 4.95.